The van der Waals surface area contributed by atoms with Crippen molar-refractivity contribution in [1.29, 1.82) is 0 Å². The van der Waals surface area contributed by atoms with Gasteiger partial charge in [0.15, 0.2) is 5.96 Å². The zero-order chi connectivity index (χ0) is 18.2. The van der Waals surface area contributed by atoms with E-state index in [9.17, 15) is 0 Å². The lowest BCUT2D eigenvalue weighted by atomic mass is 10.1. The summed E-state index contributed by atoms with van der Waals surface area (Å²) in [6.07, 6.45) is 2.58. The Kier molecular flexibility index (Phi) is 7.29. The summed E-state index contributed by atoms with van der Waals surface area (Å²) in [5.74, 6) is 0.919. The van der Waals surface area contributed by atoms with E-state index in [-0.39, 0.29) is 12.2 Å². The lowest BCUT2D eigenvalue weighted by Gasteiger charge is -2.37. The average Bonchev–Trinajstić information content (AvgIpc) is 3.23. The van der Waals surface area contributed by atoms with Gasteiger partial charge in [-0.3, -0.25) is 4.99 Å². The van der Waals surface area contributed by atoms with Gasteiger partial charge in [-0.1, -0.05) is 24.3 Å². The number of morpholine rings is 1. The predicted octanol–water partition coefficient (Wildman–Crippen LogP) is 2.18. The van der Waals surface area contributed by atoms with Gasteiger partial charge < -0.3 is 24.4 Å². The highest BCUT2D eigenvalue weighted by Gasteiger charge is 2.32. The summed E-state index contributed by atoms with van der Waals surface area (Å²) < 4.78 is 17.3. The van der Waals surface area contributed by atoms with Crippen LogP contribution in [0.5, 0.6) is 0 Å². The van der Waals surface area contributed by atoms with Crippen LogP contribution >= 0.6 is 0 Å². The normalized spacial score (nSPS) is 24.1. The molecule has 1 N–H and O–H groups in total. The minimum atomic E-state index is 0.134. The van der Waals surface area contributed by atoms with Crippen LogP contribution in [0, 0.1) is 0 Å². The third-order valence-electron chi connectivity index (χ3n) is 5.00. The van der Waals surface area contributed by atoms with E-state index < -0.39 is 0 Å². The molecule has 2 aliphatic heterocycles. The molecule has 6 nitrogen and oxygen atoms in total. The largest absolute Gasteiger partial charge is 0.377 e. The third-order valence-corrected chi connectivity index (χ3v) is 5.00. The van der Waals surface area contributed by atoms with Crippen molar-refractivity contribution in [1.82, 2.24) is 10.2 Å². The molecule has 2 aliphatic rings. The first-order valence-corrected chi connectivity index (χ1v) is 9.65. The summed E-state index contributed by atoms with van der Waals surface area (Å²) in [7, 11) is 1.84. The summed E-state index contributed by atoms with van der Waals surface area (Å²) in [4.78, 5) is 6.76. The minimum absolute atomic E-state index is 0.134. The van der Waals surface area contributed by atoms with Gasteiger partial charge in [0.05, 0.1) is 19.3 Å². The van der Waals surface area contributed by atoms with Crippen molar-refractivity contribution >= 4 is 5.96 Å². The summed E-state index contributed by atoms with van der Waals surface area (Å²) in [5, 5.41) is 3.51. The van der Waals surface area contributed by atoms with Gasteiger partial charge in [0.1, 0.15) is 6.10 Å². The summed E-state index contributed by atoms with van der Waals surface area (Å²) in [5.41, 5.74) is 2.46. The van der Waals surface area contributed by atoms with E-state index in [2.05, 4.69) is 39.5 Å². The zero-order valence-electron chi connectivity index (χ0n) is 15.9. The van der Waals surface area contributed by atoms with Crippen LogP contribution in [0.3, 0.4) is 0 Å². The smallest absolute Gasteiger partial charge is 0.194 e. The van der Waals surface area contributed by atoms with Gasteiger partial charge in [0.25, 0.3) is 0 Å². The van der Waals surface area contributed by atoms with Crippen LogP contribution in [0.15, 0.2) is 29.3 Å². The number of ether oxygens (including phenoxy) is 3. The molecule has 3 rings (SSSR count). The maximum atomic E-state index is 5.95. The Hall–Kier alpha value is -1.63. The molecule has 26 heavy (non-hydrogen) atoms. The molecule has 0 bridgehead atoms. The van der Waals surface area contributed by atoms with E-state index in [1.807, 2.05) is 14.0 Å². The van der Waals surface area contributed by atoms with E-state index in [1.54, 1.807) is 0 Å². The van der Waals surface area contributed by atoms with Crippen molar-refractivity contribution < 1.29 is 14.2 Å². The second-order valence-corrected chi connectivity index (χ2v) is 6.71. The zero-order valence-corrected chi connectivity index (χ0v) is 15.9. The molecule has 144 valence electrons. The number of aliphatic imine (C=N–C) groups is 1. The van der Waals surface area contributed by atoms with Crippen LogP contribution in [0.25, 0.3) is 0 Å². The number of benzene rings is 1. The molecular formula is C20H31N3O3. The van der Waals surface area contributed by atoms with E-state index >= 15 is 0 Å². The molecule has 0 aliphatic carbocycles. The van der Waals surface area contributed by atoms with Crippen molar-refractivity contribution in [2.45, 2.75) is 45.1 Å². The number of rotatable bonds is 6. The third kappa shape index (κ3) is 4.96. The lowest BCUT2D eigenvalue weighted by molar-refractivity contribution is -0.0817. The van der Waals surface area contributed by atoms with Gasteiger partial charge in [-0.25, -0.2) is 0 Å². The number of hydrogen-bond acceptors (Lipinski definition) is 4. The summed E-state index contributed by atoms with van der Waals surface area (Å²) in [6, 6.07) is 8.39. The highest BCUT2D eigenvalue weighted by molar-refractivity contribution is 5.80. The Morgan fingerprint density at radius 1 is 1.23 bits per heavy atom. The molecule has 0 spiro atoms. The standard InChI is InChI=1S/C20H31N3O3/c1-3-24-15-17-8-5-4-7-16(17)13-22-20(21-2)23-10-12-26-19(14-23)18-9-6-11-25-18/h4-5,7-8,18-19H,3,6,9-15H2,1-2H3,(H,21,22). The highest BCUT2D eigenvalue weighted by Crippen LogP contribution is 2.21. The van der Waals surface area contributed by atoms with E-state index in [4.69, 9.17) is 14.2 Å². The maximum Gasteiger partial charge on any atom is 0.194 e. The van der Waals surface area contributed by atoms with Crippen LogP contribution in [-0.4, -0.2) is 63.0 Å². The molecule has 2 fully saturated rings. The van der Waals surface area contributed by atoms with Crippen LogP contribution in [0.4, 0.5) is 0 Å². The van der Waals surface area contributed by atoms with E-state index in [0.717, 1.165) is 51.6 Å². The Morgan fingerprint density at radius 3 is 2.77 bits per heavy atom. The van der Waals surface area contributed by atoms with Crippen molar-refractivity contribution in [3.8, 4) is 0 Å². The van der Waals surface area contributed by atoms with Gasteiger partial charge in [-0.2, -0.15) is 0 Å². The van der Waals surface area contributed by atoms with Gasteiger partial charge >= 0.3 is 0 Å². The van der Waals surface area contributed by atoms with Crippen molar-refractivity contribution in [3.05, 3.63) is 35.4 Å². The molecule has 2 saturated heterocycles. The van der Waals surface area contributed by atoms with Gasteiger partial charge in [-0.15, -0.1) is 0 Å². The molecule has 2 atom stereocenters. The Bertz CT molecular complexity index is 587. The van der Waals surface area contributed by atoms with Crippen molar-refractivity contribution in [3.63, 3.8) is 0 Å². The first-order valence-electron chi connectivity index (χ1n) is 9.65. The summed E-state index contributed by atoms with van der Waals surface area (Å²) >= 11 is 0. The van der Waals surface area contributed by atoms with Crippen LogP contribution in [0.2, 0.25) is 0 Å². The fourth-order valence-corrected chi connectivity index (χ4v) is 3.58. The molecule has 0 aromatic heterocycles. The highest BCUT2D eigenvalue weighted by atomic mass is 16.5. The van der Waals surface area contributed by atoms with Gasteiger partial charge in [0, 0.05) is 39.9 Å². The Morgan fingerprint density at radius 2 is 2.04 bits per heavy atom. The predicted molar refractivity (Wildman–Crippen MR) is 102 cm³/mol. The monoisotopic (exact) mass is 361 g/mol. The maximum absolute atomic E-state index is 5.95. The molecule has 6 heteroatoms. The van der Waals surface area contributed by atoms with Gasteiger partial charge in [0.2, 0.25) is 0 Å². The van der Waals surface area contributed by atoms with Gasteiger partial charge in [-0.05, 0) is 30.9 Å². The van der Waals surface area contributed by atoms with Crippen LogP contribution in [-0.2, 0) is 27.4 Å². The van der Waals surface area contributed by atoms with E-state index in [1.165, 1.54) is 11.1 Å². The van der Waals surface area contributed by atoms with Crippen molar-refractivity contribution in [2.24, 2.45) is 4.99 Å². The molecule has 0 amide bonds. The number of guanidine groups is 1. The van der Waals surface area contributed by atoms with Crippen LogP contribution < -0.4 is 5.32 Å². The molecule has 1 aromatic carbocycles. The number of nitrogens with zero attached hydrogens (tertiary/aromatic N) is 2. The lowest BCUT2D eigenvalue weighted by Crippen LogP contribution is -2.53. The fourth-order valence-electron chi connectivity index (χ4n) is 3.58. The minimum Gasteiger partial charge on any atom is -0.377 e. The second kappa shape index (κ2) is 9.90. The number of hydrogen-bond donors (Lipinski definition) is 1. The molecule has 0 saturated carbocycles. The molecule has 0 radical (unpaired) electrons. The number of nitrogens with one attached hydrogen (secondary N) is 1. The first kappa shape index (κ1) is 19.1. The fraction of sp³-hybridized carbons (Fsp3) is 0.650. The SMILES string of the molecule is CCOCc1ccccc1CNC(=NC)N1CCOC(C2CCCO2)C1. The quantitative estimate of drug-likeness (QED) is 0.622. The second-order valence-electron chi connectivity index (χ2n) is 6.71. The average molecular weight is 361 g/mol. The molecule has 1 aromatic rings. The van der Waals surface area contributed by atoms with Crippen molar-refractivity contribution in [2.75, 3.05) is 40.0 Å². The van der Waals surface area contributed by atoms with Crippen LogP contribution in [0.1, 0.15) is 30.9 Å². The topological polar surface area (TPSA) is 55.3 Å². The summed E-state index contributed by atoms with van der Waals surface area (Å²) in [6.45, 7) is 7.37. The molecule has 2 unspecified atom stereocenters. The Labute approximate surface area is 156 Å². The molecular weight excluding hydrogens is 330 g/mol. The Balaban J connectivity index is 1.58. The van der Waals surface area contributed by atoms with E-state index in [0.29, 0.717) is 13.2 Å². The first-order chi connectivity index (χ1) is 12.8. The molecule has 2 heterocycles.